The molecular formula is C7H10N2S2. The fourth-order valence-electron chi connectivity index (χ4n) is 1.14. The second-order valence-electron chi connectivity index (χ2n) is 2.48. The number of nitrogens with zero attached hydrogens (tertiary/aromatic N) is 1. The van der Waals surface area contributed by atoms with Crippen molar-refractivity contribution < 1.29 is 0 Å². The number of rotatable bonds is 1. The number of thiazole rings is 1. The largest absolute Gasteiger partial charge is 0.314 e. The van der Waals surface area contributed by atoms with E-state index < -0.39 is 0 Å². The van der Waals surface area contributed by atoms with Crippen molar-refractivity contribution in [2.75, 3.05) is 18.8 Å². The van der Waals surface area contributed by atoms with Crippen LogP contribution in [0.25, 0.3) is 0 Å². The first-order valence-corrected chi connectivity index (χ1v) is 5.66. The van der Waals surface area contributed by atoms with Gasteiger partial charge in [-0.05, 0) is 0 Å². The molecule has 1 unspecified atom stereocenters. The average molecular weight is 186 g/mol. The molecule has 2 heterocycles. The van der Waals surface area contributed by atoms with Gasteiger partial charge in [0, 0.05) is 24.2 Å². The summed E-state index contributed by atoms with van der Waals surface area (Å²) in [5.74, 6) is 1.21. The van der Waals surface area contributed by atoms with E-state index in [1.165, 1.54) is 11.4 Å². The first-order valence-electron chi connectivity index (χ1n) is 3.67. The van der Waals surface area contributed by atoms with Gasteiger partial charge in [-0.15, -0.1) is 23.1 Å². The topological polar surface area (TPSA) is 24.9 Å². The van der Waals surface area contributed by atoms with Crippen LogP contribution in [0.3, 0.4) is 0 Å². The number of hydrogen-bond donors (Lipinski definition) is 1. The summed E-state index contributed by atoms with van der Waals surface area (Å²) < 4.78 is 0. The van der Waals surface area contributed by atoms with Crippen LogP contribution in [0.4, 0.5) is 0 Å². The van der Waals surface area contributed by atoms with Crippen LogP contribution in [-0.2, 0) is 0 Å². The predicted octanol–water partition coefficient (Wildman–Crippen LogP) is 1.52. The van der Waals surface area contributed by atoms with Crippen molar-refractivity contribution in [3.63, 3.8) is 0 Å². The van der Waals surface area contributed by atoms with Crippen LogP contribution in [0.2, 0.25) is 0 Å². The second-order valence-corrected chi connectivity index (χ2v) is 4.51. The normalized spacial score (nSPS) is 25.3. The van der Waals surface area contributed by atoms with Crippen LogP contribution in [0, 0.1) is 0 Å². The molecule has 1 aliphatic heterocycles. The summed E-state index contributed by atoms with van der Waals surface area (Å²) in [7, 11) is 0. The Morgan fingerprint density at radius 1 is 1.64 bits per heavy atom. The van der Waals surface area contributed by atoms with Gasteiger partial charge in [0.2, 0.25) is 0 Å². The molecule has 1 N–H and O–H groups in total. The van der Waals surface area contributed by atoms with E-state index in [-0.39, 0.29) is 0 Å². The molecule has 0 saturated carbocycles. The molecule has 4 heteroatoms. The summed E-state index contributed by atoms with van der Waals surface area (Å²) >= 11 is 3.68. The maximum atomic E-state index is 4.30. The maximum absolute atomic E-state index is 4.30. The molecule has 1 saturated heterocycles. The molecule has 1 aliphatic rings. The molecule has 2 nitrogen and oxygen atoms in total. The van der Waals surface area contributed by atoms with Crippen LogP contribution in [0.1, 0.15) is 10.9 Å². The third-order valence-electron chi connectivity index (χ3n) is 1.71. The Kier molecular flexibility index (Phi) is 2.45. The predicted molar refractivity (Wildman–Crippen MR) is 50.2 cm³/mol. The molecule has 1 fully saturated rings. The molecule has 0 bridgehead atoms. The van der Waals surface area contributed by atoms with Gasteiger partial charge in [0.05, 0.1) is 16.5 Å². The molecule has 0 amide bonds. The lowest BCUT2D eigenvalue weighted by atomic mass is 10.3. The Morgan fingerprint density at radius 3 is 3.27 bits per heavy atom. The lowest BCUT2D eigenvalue weighted by Crippen LogP contribution is -2.28. The van der Waals surface area contributed by atoms with E-state index in [9.17, 15) is 0 Å². The maximum Gasteiger partial charge on any atom is 0.0795 e. The summed E-state index contributed by atoms with van der Waals surface area (Å²) in [5, 5.41) is 6.10. The molecule has 0 spiro atoms. The van der Waals surface area contributed by atoms with E-state index in [0.29, 0.717) is 5.25 Å². The van der Waals surface area contributed by atoms with Crippen molar-refractivity contribution in [2.24, 2.45) is 0 Å². The molecule has 0 aliphatic carbocycles. The minimum absolute atomic E-state index is 0.593. The highest BCUT2D eigenvalue weighted by atomic mass is 32.2. The highest BCUT2D eigenvalue weighted by Gasteiger charge is 2.16. The van der Waals surface area contributed by atoms with E-state index in [1.807, 2.05) is 17.3 Å². The van der Waals surface area contributed by atoms with Crippen molar-refractivity contribution >= 4 is 23.1 Å². The molecule has 1 aromatic heterocycles. The van der Waals surface area contributed by atoms with Crippen molar-refractivity contribution in [1.29, 1.82) is 0 Å². The average Bonchev–Trinajstić information content (AvgIpc) is 2.58. The van der Waals surface area contributed by atoms with Crippen LogP contribution in [-0.4, -0.2) is 23.8 Å². The lowest BCUT2D eigenvalue weighted by Gasteiger charge is -2.20. The van der Waals surface area contributed by atoms with Gasteiger partial charge in [-0.2, -0.15) is 0 Å². The van der Waals surface area contributed by atoms with Gasteiger partial charge in [-0.1, -0.05) is 0 Å². The summed E-state index contributed by atoms with van der Waals surface area (Å²) in [5.41, 5.74) is 3.15. The standard InChI is InChI=1S/C7H10N2S2/c1-2-11-7(3-8-1)6-4-10-5-9-6/h4-5,7-8H,1-3H2. The van der Waals surface area contributed by atoms with Crippen LogP contribution < -0.4 is 5.32 Å². The monoisotopic (exact) mass is 186 g/mol. The highest BCUT2D eigenvalue weighted by molar-refractivity contribution is 7.99. The number of aromatic nitrogens is 1. The summed E-state index contributed by atoms with van der Waals surface area (Å²) in [4.78, 5) is 4.30. The lowest BCUT2D eigenvalue weighted by molar-refractivity contribution is 0.682. The van der Waals surface area contributed by atoms with Crippen molar-refractivity contribution in [3.05, 3.63) is 16.6 Å². The van der Waals surface area contributed by atoms with Crippen LogP contribution in [0.5, 0.6) is 0 Å². The van der Waals surface area contributed by atoms with E-state index in [1.54, 1.807) is 11.3 Å². The Bertz CT molecular complexity index is 204. The minimum atomic E-state index is 0.593. The summed E-state index contributed by atoms with van der Waals surface area (Å²) in [6.07, 6.45) is 0. The smallest absolute Gasteiger partial charge is 0.0795 e. The third kappa shape index (κ3) is 1.75. The zero-order chi connectivity index (χ0) is 7.52. The van der Waals surface area contributed by atoms with Gasteiger partial charge in [0.1, 0.15) is 0 Å². The molecule has 0 aromatic carbocycles. The van der Waals surface area contributed by atoms with Crippen molar-refractivity contribution in [1.82, 2.24) is 10.3 Å². The summed E-state index contributed by atoms with van der Waals surface area (Å²) in [6, 6.07) is 0. The molecule has 60 valence electrons. The van der Waals surface area contributed by atoms with Gasteiger partial charge in [0.15, 0.2) is 0 Å². The Hall–Kier alpha value is -0.0600. The molecule has 1 atom stereocenters. The first kappa shape index (κ1) is 7.58. The minimum Gasteiger partial charge on any atom is -0.314 e. The zero-order valence-electron chi connectivity index (χ0n) is 6.12. The van der Waals surface area contributed by atoms with E-state index in [2.05, 4.69) is 15.7 Å². The number of thioether (sulfide) groups is 1. The van der Waals surface area contributed by atoms with Crippen molar-refractivity contribution in [3.8, 4) is 0 Å². The van der Waals surface area contributed by atoms with Crippen LogP contribution >= 0.6 is 23.1 Å². The van der Waals surface area contributed by atoms with E-state index in [0.717, 1.165) is 13.1 Å². The summed E-state index contributed by atoms with van der Waals surface area (Å²) in [6.45, 7) is 2.22. The quantitative estimate of drug-likeness (QED) is 0.720. The fourth-order valence-corrected chi connectivity index (χ4v) is 2.91. The molecule has 0 radical (unpaired) electrons. The molecule has 2 rings (SSSR count). The SMILES string of the molecule is c1nc(C2CNCCS2)cs1. The van der Waals surface area contributed by atoms with Gasteiger partial charge in [-0.25, -0.2) is 4.98 Å². The molecular weight excluding hydrogens is 176 g/mol. The number of nitrogens with one attached hydrogen (secondary N) is 1. The van der Waals surface area contributed by atoms with Crippen molar-refractivity contribution in [2.45, 2.75) is 5.25 Å². The Labute approximate surface area is 74.4 Å². The van der Waals surface area contributed by atoms with Gasteiger partial charge in [0.25, 0.3) is 0 Å². The zero-order valence-corrected chi connectivity index (χ0v) is 7.75. The Balaban J connectivity index is 2.04. The molecule has 11 heavy (non-hydrogen) atoms. The van der Waals surface area contributed by atoms with E-state index in [4.69, 9.17) is 0 Å². The van der Waals surface area contributed by atoms with E-state index >= 15 is 0 Å². The van der Waals surface area contributed by atoms with Crippen LogP contribution in [0.15, 0.2) is 10.9 Å². The molecule has 1 aromatic rings. The van der Waals surface area contributed by atoms with Gasteiger partial charge in [-0.3, -0.25) is 0 Å². The highest BCUT2D eigenvalue weighted by Crippen LogP contribution is 2.29. The van der Waals surface area contributed by atoms with Gasteiger partial charge < -0.3 is 5.32 Å². The first-order chi connectivity index (χ1) is 5.47. The third-order valence-corrected chi connectivity index (χ3v) is 3.56. The fraction of sp³-hybridized carbons (Fsp3) is 0.571. The second kappa shape index (κ2) is 3.56. The Morgan fingerprint density at radius 2 is 2.64 bits per heavy atom. The number of hydrogen-bond acceptors (Lipinski definition) is 4. The van der Waals surface area contributed by atoms with Gasteiger partial charge >= 0.3 is 0 Å².